The van der Waals surface area contributed by atoms with E-state index in [0.29, 0.717) is 12.1 Å². The van der Waals surface area contributed by atoms with Crippen LogP contribution in [-0.2, 0) is 16.1 Å². The van der Waals surface area contributed by atoms with Gasteiger partial charge >= 0.3 is 0 Å². The largest absolute Gasteiger partial charge is 0.508 e. The molecule has 0 unspecified atom stereocenters. The van der Waals surface area contributed by atoms with Gasteiger partial charge in [0.05, 0.1) is 12.0 Å². The van der Waals surface area contributed by atoms with Gasteiger partial charge in [-0.3, -0.25) is 14.9 Å². The zero-order valence-electron chi connectivity index (χ0n) is 12.8. The van der Waals surface area contributed by atoms with Crippen LogP contribution in [0, 0.1) is 5.92 Å². The second-order valence-electron chi connectivity index (χ2n) is 6.10. The van der Waals surface area contributed by atoms with E-state index in [1.807, 2.05) is 30.3 Å². The lowest BCUT2D eigenvalue weighted by molar-refractivity contribution is -0.127. The molecule has 3 N–H and O–H groups in total. The number of carbonyl (C=O) groups is 2. The fourth-order valence-electron chi connectivity index (χ4n) is 3.53. The fraction of sp³-hybridized carbons (Fsp3) is 0.222. The topological polar surface area (TPSA) is 81.7 Å². The molecular formula is C18H17N3O3. The molecule has 3 atom stereocenters. The van der Waals surface area contributed by atoms with Crippen LogP contribution in [0.2, 0.25) is 0 Å². The third kappa shape index (κ3) is 2.36. The van der Waals surface area contributed by atoms with Gasteiger partial charge in [-0.2, -0.15) is 0 Å². The Bertz CT molecular complexity index is 793. The van der Waals surface area contributed by atoms with Gasteiger partial charge in [0.25, 0.3) is 0 Å². The smallest absolute Gasteiger partial charge is 0.246 e. The number of nitrogens with one attached hydrogen (secondary N) is 2. The van der Waals surface area contributed by atoms with Crippen molar-refractivity contribution in [2.45, 2.75) is 18.6 Å². The zero-order valence-corrected chi connectivity index (χ0v) is 12.8. The van der Waals surface area contributed by atoms with Crippen molar-refractivity contribution in [3.05, 3.63) is 65.7 Å². The summed E-state index contributed by atoms with van der Waals surface area (Å²) in [5.41, 5.74) is 4.91. The number of carbonyl (C=O) groups excluding carboxylic acids is 2. The van der Waals surface area contributed by atoms with E-state index in [0.717, 1.165) is 5.56 Å². The number of hydrogen-bond donors (Lipinski definition) is 3. The highest BCUT2D eigenvalue weighted by atomic mass is 16.3. The molecule has 0 aliphatic carbocycles. The van der Waals surface area contributed by atoms with E-state index in [-0.39, 0.29) is 17.6 Å². The Kier molecular flexibility index (Phi) is 3.55. The van der Waals surface area contributed by atoms with Crippen molar-refractivity contribution in [3.63, 3.8) is 0 Å². The quantitative estimate of drug-likeness (QED) is 0.737. The highest BCUT2D eigenvalue weighted by Crippen LogP contribution is 2.40. The fourth-order valence-corrected chi connectivity index (χ4v) is 3.53. The van der Waals surface area contributed by atoms with E-state index in [9.17, 15) is 14.7 Å². The Labute approximate surface area is 139 Å². The monoisotopic (exact) mass is 323 g/mol. The highest BCUT2D eigenvalue weighted by Gasteiger charge is 2.55. The summed E-state index contributed by atoms with van der Waals surface area (Å²) in [6.07, 6.45) is 0. The van der Waals surface area contributed by atoms with Gasteiger partial charge in [-0.05, 0) is 11.6 Å². The van der Waals surface area contributed by atoms with Gasteiger partial charge in [-0.1, -0.05) is 48.5 Å². The first-order chi connectivity index (χ1) is 11.6. The standard InChI is InChI=1S/C18H17N3O3/c22-13-9-5-4-8-12(13)15-14-16(18(24)19-17(14)23)21(20-15)10-11-6-2-1-3-7-11/h1-9,14-16,20,22H,10H2,(H,19,23,24)/t14-,15-,16+/m1/s1. The summed E-state index contributed by atoms with van der Waals surface area (Å²) < 4.78 is 0. The van der Waals surface area contributed by atoms with E-state index in [1.54, 1.807) is 29.3 Å². The molecular weight excluding hydrogens is 306 g/mol. The molecule has 2 amide bonds. The van der Waals surface area contributed by atoms with E-state index < -0.39 is 18.0 Å². The molecule has 2 aliphatic rings. The molecule has 2 fully saturated rings. The molecule has 2 heterocycles. The molecule has 24 heavy (non-hydrogen) atoms. The van der Waals surface area contributed by atoms with Gasteiger partial charge in [0.1, 0.15) is 11.8 Å². The minimum atomic E-state index is -0.581. The molecule has 2 saturated heterocycles. The Morgan fingerprint density at radius 3 is 2.42 bits per heavy atom. The Morgan fingerprint density at radius 1 is 0.958 bits per heavy atom. The first-order valence-electron chi connectivity index (χ1n) is 7.84. The molecule has 0 saturated carbocycles. The van der Waals surface area contributed by atoms with Gasteiger partial charge in [-0.25, -0.2) is 10.4 Å². The lowest BCUT2D eigenvalue weighted by atomic mass is 9.90. The van der Waals surface area contributed by atoms with Crippen LogP contribution in [0.25, 0.3) is 0 Å². The van der Waals surface area contributed by atoms with E-state index in [2.05, 4.69) is 10.7 Å². The van der Waals surface area contributed by atoms with Crippen LogP contribution >= 0.6 is 0 Å². The highest BCUT2D eigenvalue weighted by molar-refractivity contribution is 6.07. The van der Waals surface area contributed by atoms with Crippen molar-refractivity contribution in [2.75, 3.05) is 0 Å². The Balaban J connectivity index is 1.69. The molecule has 122 valence electrons. The van der Waals surface area contributed by atoms with Crippen molar-refractivity contribution in [1.82, 2.24) is 15.8 Å². The number of nitrogens with zero attached hydrogens (tertiary/aromatic N) is 1. The molecule has 2 aliphatic heterocycles. The van der Waals surface area contributed by atoms with Crippen molar-refractivity contribution in [2.24, 2.45) is 5.92 Å². The zero-order chi connectivity index (χ0) is 16.7. The number of benzene rings is 2. The molecule has 2 aromatic carbocycles. The summed E-state index contributed by atoms with van der Waals surface area (Å²) in [5.74, 6) is -1.05. The predicted octanol–water partition coefficient (Wildman–Crippen LogP) is 1.09. The normalized spacial score (nSPS) is 26.4. The number of phenols is 1. The van der Waals surface area contributed by atoms with Crippen LogP contribution in [0.3, 0.4) is 0 Å². The number of hydrazine groups is 1. The number of rotatable bonds is 3. The van der Waals surface area contributed by atoms with Crippen molar-refractivity contribution in [1.29, 1.82) is 0 Å². The summed E-state index contributed by atoms with van der Waals surface area (Å²) in [5, 5.41) is 14.3. The lowest BCUT2D eigenvalue weighted by Crippen LogP contribution is -2.43. The van der Waals surface area contributed by atoms with Gasteiger partial charge in [0, 0.05) is 12.1 Å². The maximum Gasteiger partial charge on any atom is 0.246 e. The van der Waals surface area contributed by atoms with Gasteiger partial charge < -0.3 is 5.11 Å². The van der Waals surface area contributed by atoms with Crippen LogP contribution in [-0.4, -0.2) is 28.0 Å². The van der Waals surface area contributed by atoms with Crippen LogP contribution in [0.4, 0.5) is 0 Å². The molecule has 6 nitrogen and oxygen atoms in total. The summed E-state index contributed by atoms with van der Waals surface area (Å²) in [6.45, 7) is 0.493. The van der Waals surface area contributed by atoms with Crippen LogP contribution in [0.15, 0.2) is 54.6 Å². The van der Waals surface area contributed by atoms with Gasteiger partial charge in [0.2, 0.25) is 11.8 Å². The number of aromatic hydroxyl groups is 1. The molecule has 2 aromatic rings. The Morgan fingerprint density at radius 2 is 1.67 bits per heavy atom. The molecule has 4 rings (SSSR count). The maximum absolute atomic E-state index is 12.3. The van der Waals surface area contributed by atoms with Crippen molar-refractivity contribution in [3.8, 4) is 5.75 Å². The summed E-state index contributed by atoms with van der Waals surface area (Å²) in [4.78, 5) is 24.5. The second kappa shape index (κ2) is 5.74. The minimum absolute atomic E-state index is 0.113. The van der Waals surface area contributed by atoms with Crippen LogP contribution < -0.4 is 10.7 Å². The average molecular weight is 323 g/mol. The van der Waals surface area contributed by atoms with E-state index in [1.165, 1.54) is 0 Å². The van der Waals surface area contributed by atoms with E-state index >= 15 is 0 Å². The third-order valence-corrected chi connectivity index (χ3v) is 4.63. The first-order valence-corrected chi connectivity index (χ1v) is 7.84. The van der Waals surface area contributed by atoms with Crippen molar-refractivity contribution >= 4 is 11.8 Å². The number of fused-ring (bicyclic) bond motifs is 1. The maximum atomic E-state index is 12.3. The number of amides is 2. The predicted molar refractivity (Wildman–Crippen MR) is 86.4 cm³/mol. The first kappa shape index (κ1) is 14.9. The molecule has 0 radical (unpaired) electrons. The van der Waals surface area contributed by atoms with Crippen LogP contribution in [0.5, 0.6) is 5.75 Å². The second-order valence-corrected chi connectivity index (χ2v) is 6.10. The summed E-state index contributed by atoms with van der Waals surface area (Å²) >= 11 is 0. The average Bonchev–Trinajstić information content (AvgIpc) is 3.09. The number of imide groups is 1. The summed E-state index contributed by atoms with van der Waals surface area (Å²) in [7, 11) is 0. The van der Waals surface area contributed by atoms with Gasteiger partial charge in [-0.15, -0.1) is 0 Å². The number of hydrogen-bond acceptors (Lipinski definition) is 5. The lowest BCUT2D eigenvalue weighted by Gasteiger charge is -2.22. The Hall–Kier alpha value is -2.70. The minimum Gasteiger partial charge on any atom is -0.508 e. The molecule has 0 spiro atoms. The van der Waals surface area contributed by atoms with Gasteiger partial charge in [0.15, 0.2) is 0 Å². The van der Waals surface area contributed by atoms with Crippen LogP contribution in [0.1, 0.15) is 17.2 Å². The van der Waals surface area contributed by atoms with E-state index in [4.69, 9.17) is 0 Å². The van der Waals surface area contributed by atoms with Crippen molar-refractivity contribution < 1.29 is 14.7 Å². The third-order valence-electron chi connectivity index (χ3n) is 4.63. The molecule has 0 aromatic heterocycles. The number of para-hydroxylation sites is 1. The SMILES string of the molecule is O=C1NC(=O)[C@@H]2[C@H]1[C@@H](c1ccccc1O)NN2Cc1ccccc1. The molecule has 6 heteroatoms. The summed E-state index contributed by atoms with van der Waals surface area (Å²) in [6, 6.07) is 15.6. The molecule has 0 bridgehead atoms. The number of phenolic OH excluding ortho intramolecular Hbond substituents is 1.